The van der Waals surface area contributed by atoms with Crippen molar-refractivity contribution in [3.63, 3.8) is 0 Å². The standard InChI is InChI=1S/C26H28FN5O/c27-21-11-8-19(9-12-21)20-10-13-23-24(15-20)32(17-18-5-2-1-3-6-18)25(31-23)26(33)30-16-22(29)7-4-14-28/h1-3,5-6,8-13,15,22H,4,7,14,16-17,28-29H2,(H,30,33)/t22-/m0/s1. The molecule has 4 rings (SSSR count). The molecule has 0 spiro atoms. The Morgan fingerprint density at radius 1 is 1.03 bits per heavy atom. The maximum Gasteiger partial charge on any atom is 0.287 e. The summed E-state index contributed by atoms with van der Waals surface area (Å²) in [6, 6.07) is 21.9. The van der Waals surface area contributed by atoms with Gasteiger partial charge >= 0.3 is 0 Å². The van der Waals surface area contributed by atoms with Crippen LogP contribution in [0, 0.1) is 5.82 Å². The van der Waals surface area contributed by atoms with Crippen LogP contribution in [0.25, 0.3) is 22.2 Å². The summed E-state index contributed by atoms with van der Waals surface area (Å²) in [5, 5.41) is 2.92. The number of carbonyl (C=O) groups excluding carboxylic acids is 1. The first-order chi connectivity index (χ1) is 16.0. The number of hydrogen-bond acceptors (Lipinski definition) is 4. The van der Waals surface area contributed by atoms with Crippen molar-refractivity contribution in [3.05, 3.63) is 90.0 Å². The Hall–Kier alpha value is -3.55. The van der Waals surface area contributed by atoms with E-state index in [0.717, 1.165) is 40.6 Å². The van der Waals surface area contributed by atoms with Crippen LogP contribution in [0.5, 0.6) is 0 Å². The van der Waals surface area contributed by atoms with Gasteiger partial charge in [-0.25, -0.2) is 9.37 Å². The first-order valence-electron chi connectivity index (χ1n) is 11.1. The van der Waals surface area contributed by atoms with Crippen molar-refractivity contribution >= 4 is 16.9 Å². The fraction of sp³-hybridized carbons (Fsp3) is 0.231. The Kier molecular flexibility index (Phi) is 7.12. The van der Waals surface area contributed by atoms with Crippen LogP contribution in [0.3, 0.4) is 0 Å². The summed E-state index contributed by atoms with van der Waals surface area (Å²) in [5.41, 5.74) is 16.1. The first kappa shape index (κ1) is 22.6. The molecule has 3 aromatic carbocycles. The van der Waals surface area contributed by atoms with E-state index in [1.54, 1.807) is 12.1 Å². The number of nitrogens with one attached hydrogen (secondary N) is 1. The van der Waals surface area contributed by atoms with E-state index < -0.39 is 0 Å². The maximum atomic E-state index is 13.4. The molecule has 170 valence electrons. The minimum Gasteiger partial charge on any atom is -0.348 e. The van der Waals surface area contributed by atoms with Gasteiger partial charge in [-0.15, -0.1) is 0 Å². The lowest BCUT2D eigenvalue weighted by molar-refractivity contribution is 0.0937. The summed E-state index contributed by atoms with van der Waals surface area (Å²) in [5.74, 6) is -0.220. The second-order valence-corrected chi connectivity index (χ2v) is 8.12. The number of hydrogen-bond donors (Lipinski definition) is 3. The van der Waals surface area contributed by atoms with Crippen molar-refractivity contribution in [2.45, 2.75) is 25.4 Å². The van der Waals surface area contributed by atoms with Gasteiger partial charge in [0.1, 0.15) is 5.82 Å². The molecule has 7 heteroatoms. The highest BCUT2D eigenvalue weighted by molar-refractivity contribution is 5.95. The van der Waals surface area contributed by atoms with E-state index in [1.165, 1.54) is 12.1 Å². The average molecular weight is 446 g/mol. The largest absolute Gasteiger partial charge is 0.348 e. The van der Waals surface area contributed by atoms with Gasteiger partial charge in [0.25, 0.3) is 5.91 Å². The van der Waals surface area contributed by atoms with Gasteiger partial charge in [-0.2, -0.15) is 0 Å². The van der Waals surface area contributed by atoms with E-state index in [1.807, 2.05) is 53.1 Å². The van der Waals surface area contributed by atoms with Gasteiger partial charge in [0, 0.05) is 19.1 Å². The molecular weight excluding hydrogens is 417 g/mol. The van der Waals surface area contributed by atoms with Crippen molar-refractivity contribution in [1.82, 2.24) is 14.9 Å². The molecule has 0 fully saturated rings. The zero-order valence-corrected chi connectivity index (χ0v) is 18.4. The summed E-state index contributed by atoms with van der Waals surface area (Å²) < 4.78 is 15.3. The highest BCUT2D eigenvalue weighted by atomic mass is 19.1. The smallest absolute Gasteiger partial charge is 0.287 e. The summed E-state index contributed by atoms with van der Waals surface area (Å²) >= 11 is 0. The topological polar surface area (TPSA) is 99.0 Å². The molecule has 4 aromatic rings. The van der Waals surface area contributed by atoms with E-state index in [2.05, 4.69) is 10.3 Å². The van der Waals surface area contributed by atoms with Gasteiger partial charge in [0.05, 0.1) is 11.0 Å². The van der Waals surface area contributed by atoms with Crippen molar-refractivity contribution < 1.29 is 9.18 Å². The molecule has 0 saturated carbocycles. The zero-order chi connectivity index (χ0) is 23.2. The highest BCUT2D eigenvalue weighted by Crippen LogP contribution is 2.26. The zero-order valence-electron chi connectivity index (χ0n) is 18.4. The molecule has 33 heavy (non-hydrogen) atoms. The fourth-order valence-corrected chi connectivity index (χ4v) is 3.83. The molecule has 0 bridgehead atoms. The van der Waals surface area contributed by atoms with Crippen LogP contribution in [0.4, 0.5) is 4.39 Å². The van der Waals surface area contributed by atoms with Crippen LogP contribution in [-0.4, -0.2) is 34.6 Å². The number of rotatable bonds is 9. The first-order valence-corrected chi connectivity index (χ1v) is 11.1. The minimum atomic E-state index is -0.280. The molecule has 0 saturated heterocycles. The minimum absolute atomic E-state index is 0.158. The van der Waals surface area contributed by atoms with Crippen molar-refractivity contribution in [2.24, 2.45) is 11.5 Å². The van der Waals surface area contributed by atoms with Crippen LogP contribution in [0.15, 0.2) is 72.8 Å². The number of benzene rings is 3. The van der Waals surface area contributed by atoms with Crippen molar-refractivity contribution in [3.8, 4) is 11.1 Å². The predicted octanol–water partition coefficient (Wildman–Crippen LogP) is 3.69. The Balaban J connectivity index is 1.69. The second-order valence-electron chi connectivity index (χ2n) is 8.12. The van der Waals surface area contributed by atoms with E-state index in [9.17, 15) is 9.18 Å². The average Bonchev–Trinajstić information content (AvgIpc) is 3.20. The molecule has 0 aliphatic rings. The number of aromatic nitrogens is 2. The molecule has 0 aliphatic carbocycles. The number of fused-ring (bicyclic) bond motifs is 1. The SMILES string of the molecule is NCCC[C@H](N)CNC(=O)c1nc2ccc(-c3ccc(F)cc3)cc2n1Cc1ccccc1. The summed E-state index contributed by atoms with van der Waals surface area (Å²) in [6.45, 7) is 1.42. The molecule has 1 heterocycles. The third kappa shape index (κ3) is 5.45. The van der Waals surface area contributed by atoms with Crippen LogP contribution in [0.1, 0.15) is 29.0 Å². The number of imidazole rings is 1. The Bertz CT molecular complexity index is 1220. The van der Waals surface area contributed by atoms with E-state index >= 15 is 0 Å². The maximum absolute atomic E-state index is 13.4. The molecule has 0 aliphatic heterocycles. The van der Waals surface area contributed by atoms with Crippen molar-refractivity contribution in [2.75, 3.05) is 13.1 Å². The number of nitrogens with two attached hydrogens (primary N) is 2. The summed E-state index contributed by atoms with van der Waals surface area (Å²) in [7, 11) is 0. The van der Waals surface area contributed by atoms with Gasteiger partial charge < -0.3 is 21.4 Å². The third-order valence-electron chi connectivity index (χ3n) is 5.62. The van der Waals surface area contributed by atoms with Gasteiger partial charge in [0.15, 0.2) is 5.82 Å². The van der Waals surface area contributed by atoms with Gasteiger partial charge in [-0.05, 0) is 60.3 Å². The van der Waals surface area contributed by atoms with Crippen molar-refractivity contribution in [1.29, 1.82) is 0 Å². The summed E-state index contributed by atoms with van der Waals surface area (Å²) in [6.07, 6.45) is 1.56. The van der Waals surface area contributed by atoms with Gasteiger partial charge in [-0.1, -0.05) is 48.5 Å². The molecule has 1 aromatic heterocycles. The van der Waals surface area contributed by atoms with Gasteiger partial charge in [0.2, 0.25) is 0 Å². The molecule has 1 atom stereocenters. The van der Waals surface area contributed by atoms with E-state index in [-0.39, 0.29) is 17.8 Å². The fourth-order valence-electron chi connectivity index (χ4n) is 3.83. The van der Waals surface area contributed by atoms with Gasteiger partial charge in [-0.3, -0.25) is 4.79 Å². The number of nitrogens with zero attached hydrogens (tertiary/aromatic N) is 2. The lowest BCUT2D eigenvalue weighted by atomic mass is 10.1. The number of amides is 1. The third-order valence-corrected chi connectivity index (χ3v) is 5.62. The molecule has 0 radical (unpaired) electrons. The second kappa shape index (κ2) is 10.4. The molecular formula is C26H28FN5O. The Morgan fingerprint density at radius 3 is 2.48 bits per heavy atom. The van der Waals surface area contributed by atoms with Crippen LogP contribution < -0.4 is 16.8 Å². The Morgan fingerprint density at radius 2 is 1.76 bits per heavy atom. The van der Waals surface area contributed by atoms with E-state index in [4.69, 9.17) is 11.5 Å². The molecule has 5 N–H and O–H groups in total. The summed E-state index contributed by atoms with van der Waals surface area (Å²) in [4.78, 5) is 17.7. The highest BCUT2D eigenvalue weighted by Gasteiger charge is 2.19. The lowest BCUT2D eigenvalue weighted by Gasteiger charge is -2.13. The van der Waals surface area contributed by atoms with E-state index in [0.29, 0.717) is 25.5 Å². The van der Waals surface area contributed by atoms with Crippen LogP contribution in [0.2, 0.25) is 0 Å². The number of halogens is 1. The molecule has 0 unspecified atom stereocenters. The molecule has 1 amide bonds. The normalized spacial score (nSPS) is 12.1. The Labute approximate surface area is 192 Å². The predicted molar refractivity (Wildman–Crippen MR) is 129 cm³/mol. The monoisotopic (exact) mass is 445 g/mol. The van der Waals surface area contributed by atoms with Crippen LogP contribution in [-0.2, 0) is 6.54 Å². The lowest BCUT2D eigenvalue weighted by Crippen LogP contribution is -2.38. The number of carbonyl (C=O) groups is 1. The quantitative estimate of drug-likeness (QED) is 0.366. The molecule has 6 nitrogen and oxygen atoms in total. The van der Waals surface area contributed by atoms with Crippen LogP contribution >= 0.6 is 0 Å².